The molecule has 0 fully saturated rings. The van der Waals surface area contributed by atoms with Crippen LogP contribution in [0.15, 0.2) is 11.1 Å². The van der Waals surface area contributed by atoms with E-state index >= 15 is 0 Å². The molecule has 12 heavy (non-hydrogen) atoms. The zero-order valence-corrected chi connectivity index (χ0v) is 7.97. The van der Waals surface area contributed by atoms with E-state index in [1.54, 1.807) is 0 Å². The van der Waals surface area contributed by atoms with Crippen LogP contribution < -0.4 is 0 Å². The monoisotopic (exact) mass is 170 g/mol. The van der Waals surface area contributed by atoms with Gasteiger partial charge >= 0.3 is 0 Å². The molecule has 0 atom stereocenters. The quantitative estimate of drug-likeness (QED) is 0.489. The van der Waals surface area contributed by atoms with Crippen LogP contribution in [0.2, 0.25) is 0 Å². The fraction of sp³-hybridized carbons (Fsp3) is 0.700. The molecular formula is C10H18O2. The van der Waals surface area contributed by atoms with Gasteiger partial charge in [-0.15, -0.1) is 0 Å². The van der Waals surface area contributed by atoms with Crippen LogP contribution in [0, 0.1) is 0 Å². The van der Waals surface area contributed by atoms with E-state index in [4.69, 9.17) is 5.11 Å². The van der Waals surface area contributed by atoms with Crippen molar-refractivity contribution in [2.24, 2.45) is 0 Å². The number of aldehydes is 1. The molecule has 0 spiro atoms. The van der Waals surface area contributed by atoms with Crippen LogP contribution in [0.5, 0.6) is 0 Å². The number of aliphatic hydroxyl groups is 1. The van der Waals surface area contributed by atoms with E-state index in [0.29, 0.717) is 12.8 Å². The molecular weight excluding hydrogens is 152 g/mol. The molecule has 0 saturated carbocycles. The van der Waals surface area contributed by atoms with E-state index in [2.05, 4.69) is 6.92 Å². The van der Waals surface area contributed by atoms with Gasteiger partial charge in [0.25, 0.3) is 0 Å². The topological polar surface area (TPSA) is 37.3 Å². The van der Waals surface area contributed by atoms with Crippen molar-refractivity contribution in [3.05, 3.63) is 11.1 Å². The van der Waals surface area contributed by atoms with Crippen molar-refractivity contribution in [3.8, 4) is 0 Å². The normalized spacial score (nSPS) is 12.6. The number of carbonyl (C=O) groups is 1. The Hall–Kier alpha value is -0.630. The summed E-state index contributed by atoms with van der Waals surface area (Å²) in [4.78, 5) is 10.1. The van der Waals surface area contributed by atoms with Gasteiger partial charge in [-0.25, -0.2) is 0 Å². The standard InChI is InChI=1S/C10H18O2/c1-3-5-9(2)10(8-12)6-4-7-11/h7,12H,3-6,8H2,1-2H3/b10-9-. The predicted molar refractivity (Wildman–Crippen MR) is 50.0 cm³/mol. The first-order chi connectivity index (χ1) is 5.76. The van der Waals surface area contributed by atoms with Gasteiger partial charge in [0, 0.05) is 6.42 Å². The molecule has 70 valence electrons. The fourth-order valence-electron chi connectivity index (χ4n) is 1.21. The highest BCUT2D eigenvalue weighted by atomic mass is 16.3. The third-order valence-electron chi connectivity index (χ3n) is 1.98. The Bertz CT molecular complexity index is 159. The van der Waals surface area contributed by atoms with Crippen molar-refractivity contribution in [2.75, 3.05) is 6.61 Å². The van der Waals surface area contributed by atoms with Crippen LogP contribution in [0.1, 0.15) is 39.5 Å². The Balaban J connectivity index is 4.07. The molecule has 0 rings (SSSR count). The Morgan fingerprint density at radius 3 is 2.50 bits per heavy atom. The summed E-state index contributed by atoms with van der Waals surface area (Å²) < 4.78 is 0. The smallest absolute Gasteiger partial charge is 0.120 e. The van der Waals surface area contributed by atoms with E-state index in [-0.39, 0.29) is 6.61 Å². The lowest BCUT2D eigenvalue weighted by Crippen LogP contribution is -1.96. The maximum absolute atomic E-state index is 10.1. The molecule has 0 amide bonds. The number of carbonyl (C=O) groups excluding carboxylic acids is 1. The zero-order valence-electron chi connectivity index (χ0n) is 7.97. The van der Waals surface area contributed by atoms with Gasteiger partial charge < -0.3 is 9.90 Å². The van der Waals surface area contributed by atoms with Crippen LogP contribution in [-0.2, 0) is 4.79 Å². The van der Waals surface area contributed by atoms with Crippen molar-refractivity contribution in [3.63, 3.8) is 0 Å². The summed E-state index contributed by atoms with van der Waals surface area (Å²) in [5.74, 6) is 0. The van der Waals surface area contributed by atoms with Crippen molar-refractivity contribution >= 4 is 6.29 Å². The van der Waals surface area contributed by atoms with Gasteiger partial charge in [0.1, 0.15) is 6.29 Å². The highest BCUT2D eigenvalue weighted by molar-refractivity contribution is 5.50. The van der Waals surface area contributed by atoms with Crippen molar-refractivity contribution in [1.29, 1.82) is 0 Å². The van der Waals surface area contributed by atoms with E-state index in [9.17, 15) is 4.79 Å². The summed E-state index contributed by atoms with van der Waals surface area (Å²) >= 11 is 0. The first-order valence-electron chi connectivity index (χ1n) is 4.48. The molecule has 0 aliphatic rings. The minimum absolute atomic E-state index is 0.0969. The summed E-state index contributed by atoms with van der Waals surface area (Å²) in [5, 5.41) is 8.98. The summed E-state index contributed by atoms with van der Waals surface area (Å²) in [5.41, 5.74) is 2.27. The van der Waals surface area contributed by atoms with E-state index in [0.717, 1.165) is 24.7 Å². The lowest BCUT2D eigenvalue weighted by Gasteiger charge is -2.06. The average molecular weight is 170 g/mol. The largest absolute Gasteiger partial charge is 0.392 e. The Kier molecular flexibility index (Phi) is 6.67. The summed E-state index contributed by atoms with van der Waals surface area (Å²) in [6.07, 6.45) is 4.25. The van der Waals surface area contributed by atoms with E-state index < -0.39 is 0 Å². The van der Waals surface area contributed by atoms with E-state index in [1.807, 2.05) is 6.92 Å². The van der Waals surface area contributed by atoms with Gasteiger partial charge in [0.05, 0.1) is 6.61 Å². The minimum Gasteiger partial charge on any atom is -0.392 e. The molecule has 0 radical (unpaired) electrons. The fourth-order valence-corrected chi connectivity index (χ4v) is 1.21. The summed E-state index contributed by atoms with van der Waals surface area (Å²) in [6.45, 7) is 4.23. The molecule has 0 saturated heterocycles. The van der Waals surface area contributed by atoms with Crippen LogP contribution in [-0.4, -0.2) is 18.0 Å². The Morgan fingerprint density at radius 1 is 1.42 bits per heavy atom. The predicted octanol–water partition coefficient (Wildman–Crippen LogP) is 2.07. The molecule has 0 aromatic carbocycles. The Morgan fingerprint density at radius 2 is 2.08 bits per heavy atom. The third-order valence-corrected chi connectivity index (χ3v) is 1.98. The maximum atomic E-state index is 10.1. The van der Waals surface area contributed by atoms with Gasteiger partial charge in [-0.1, -0.05) is 18.9 Å². The van der Waals surface area contributed by atoms with Crippen LogP contribution >= 0.6 is 0 Å². The first kappa shape index (κ1) is 11.4. The summed E-state index contributed by atoms with van der Waals surface area (Å²) in [6, 6.07) is 0. The van der Waals surface area contributed by atoms with Gasteiger partial charge in [0.15, 0.2) is 0 Å². The molecule has 0 aliphatic heterocycles. The second kappa shape index (κ2) is 7.04. The van der Waals surface area contributed by atoms with Gasteiger partial charge in [-0.2, -0.15) is 0 Å². The molecule has 0 heterocycles. The van der Waals surface area contributed by atoms with Crippen molar-refractivity contribution in [1.82, 2.24) is 0 Å². The average Bonchev–Trinajstić information content (AvgIpc) is 2.06. The molecule has 0 unspecified atom stereocenters. The lowest BCUT2D eigenvalue weighted by atomic mass is 10.0. The molecule has 0 bridgehead atoms. The van der Waals surface area contributed by atoms with Crippen molar-refractivity contribution in [2.45, 2.75) is 39.5 Å². The van der Waals surface area contributed by atoms with Crippen LogP contribution in [0.4, 0.5) is 0 Å². The van der Waals surface area contributed by atoms with Gasteiger partial charge in [0.2, 0.25) is 0 Å². The van der Waals surface area contributed by atoms with Crippen LogP contribution in [0.3, 0.4) is 0 Å². The number of hydrogen-bond acceptors (Lipinski definition) is 2. The number of rotatable bonds is 6. The molecule has 2 heteroatoms. The number of hydrogen-bond donors (Lipinski definition) is 1. The highest BCUT2D eigenvalue weighted by Gasteiger charge is 2.00. The number of aliphatic hydroxyl groups excluding tert-OH is 1. The highest BCUT2D eigenvalue weighted by Crippen LogP contribution is 2.14. The molecule has 0 aromatic rings. The van der Waals surface area contributed by atoms with Gasteiger partial charge in [-0.3, -0.25) is 0 Å². The second-order valence-electron chi connectivity index (χ2n) is 3.00. The second-order valence-corrected chi connectivity index (χ2v) is 3.00. The maximum Gasteiger partial charge on any atom is 0.120 e. The minimum atomic E-state index is 0.0969. The zero-order chi connectivity index (χ0) is 9.40. The SMILES string of the molecule is CCC/C(C)=C(\CO)CCC=O. The third kappa shape index (κ3) is 4.29. The molecule has 0 aliphatic carbocycles. The first-order valence-corrected chi connectivity index (χ1v) is 4.48. The number of allylic oxidation sites excluding steroid dienone is 1. The van der Waals surface area contributed by atoms with Crippen LogP contribution in [0.25, 0.3) is 0 Å². The molecule has 2 nitrogen and oxygen atoms in total. The Labute approximate surface area is 74.3 Å². The summed E-state index contributed by atoms with van der Waals surface area (Å²) in [7, 11) is 0. The van der Waals surface area contributed by atoms with Crippen molar-refractivity contribution < 1.29 is 9.90 Å². The van der Waals surface area contributed by atoms with Gasteiger partial charge in [-0.05, 0) is 25.3 Å². The molecule has 1 N–H and O–H groups in total. The van der Waals surface area contributed by atoms with E-state index in [1.165, 1.54) is 5.57 Å². The molecule has 0 aromatic heterocycles. The lowest BCUT2D eigenvalue weighted by molar-refractivity contribution is -0.107.